The number of aromatic nitrogens is 1. The van der Waals surface area contributed by atoms with Crippen molar-refractivity contribution >= 4 is 5.96 Å². The van der Waals surface area contributed by atoms with Gasteiger partial charge in [-0.05, 0) is 56.4 Å². The van der Waals surface area contributed by atoms with E-state index in [-0.39, 0.29) is 0 Å². The molecule has 3 rings (SSSR count). The molecule has 0 amide bonds. The summed E-state index contributed by atoms with van der Waals surface area (Å²) in [7, 11) is 1.79. The maximum Gasteiger partial charge on any atom is 0.213 e. The maximum absolute atomic E-state index is 5.98. The van der Waals surface area contributed by atoms with Gasteiger partial charge < -0.3 is 20.1 Å². The van der Waals surface area contributed by atoms with Gasteiger partial charge in [0.15, 0.2) is 5.96 Å². The third kappa shape index (κ3) is 7.75. The van der Waals surface area contributed by atoms with Crippen LogP contribution in [0.4, 0.5) is 0 Å². The molecule has 2 aliphatic carbocycles. The Labute approximate surface area is 163 Å². The van der Waals surface area contributed by atoms with Gasteiger partial charge >= 0.3 is 0 Å². The minimum Gasteiger partial charge on any atom is -0.474 e. The minimum atomic E-state index is 0.339. The fourth-order valence-electron chi connectivity index (χ4n) is 3.26. The zero-order valence-corrected chi connectivity index (χ0v) is 16.6. The van der Waals surface area contributed by atoms with Crippen molar-refractivity contribution in [2.45, 2.75) is 64.0 Å². The van der Waals surface area contributed by atoms with Gasteiger partial charge in [-0.1, -0.05) is 12.5 Å². The summed E-state index contributed by atoms with van der Waals surface area (Å²) in [5.41, 5.74) is 1.11. The van der Waals surface area contributed by atoms with Crippen molar-refractivity contribution in [1.29, 1.82) is 0 Å². The van der Waals surface area contributed by atoms with Gasteiger partial charge in [0.2, 0.25) is 5.88 Å². The predicted molar refractivity (Wildman–Crippen MR) is 108 cm³/mol. The lowest BCUT2D eigenvalue weighted by atomic mass is 9.98. The number of guanidine groups is 1. The van der Waals surface area contributed by atoms with E-state index in [1.54, 1.807) is 7.05 Å². The quantitative estimate of drug-likeness (QED) is 0.374. The first-order chi connectivity index (χ1) is 13.3. The van der Waals surface area contributed by atoms with Crippen LogP contribution in [0.1, 0.15) is 56.9 Å². The largest absolute Gasteiger partial charge is 0.474 e. The van der Waals surface area contributed by atoms with Gasteiger partial charge in [0.1, 0.15) is 6.10 Å². The van der Waals surface area contributed by atoms with Crippen molar-refractivity contribution < 1.29 is 9.47 Å². The summed E-state index contributed by atoms with van der Waals surface area (Å²) >= 11 is 0. The van der Waals surface area contributed by atoms with Crippen LogP contribution >= 0.6 is 0 Å². The van der Waals surface area contributed by atoms with E-state index < -0.39 is 0 Å². The van der Waals surface area contributed by atoms with E-state index in [9.17, 15) is 0 Å². The van der Waals surface area contributed by atoms with Crippen molar-refractivity contribution in [3.8, 4) is 5.88 Å². The summed E-state index contributed by atoms with van der Waals surface area (Å²) < 4.78 is 11.6. The van der Waals surface area contributed by atoms with Crippen LogP contribution in [0.2, 0.25) is 0 Å². The normalized spacial score (nSPS) is 18.3. The number of ether oxygens (including phenoxy) is 2. The molecule has 6 heteroatoms. The SMILES string of the molecule is CN=C(NCCCOCC1CC1)NCc1ccc(OC2CCCCC2)nc1. The second kappa shape index (κ2) is 11.1. The van der Waals surface area contributed by atoms with Gasteiger partial charge in [0, 0.05) is 45.6 Å². The first-order valence-corrected chi connectivity index (χ1v) is 10.5. The first-order valence-electron chi connectivity index (χ1n) is 10.5. The van der Waals surface area contributed by atoms with Crippen LogP contribution in [0.5, 0.6) is 5.88 Å². The maximum atomic E-state index is 5.98. The van der Waals surface area contributed by atoms with Crippen LogP contribution in [0, 0.1) is 5.92 Å². The highest BCUT2D eigenvalue weighted by Crippen LogP contribution is 2.28. The molecule has 0 spiro atoms. The molecule has 0 atom stereocenters. The Morgan fingerprint density at radius 2 is 2.00 bits per heavy atom. The average molecular weight is 375 g/mol. The smallest absolute Gasteiger partial charge is 0.213 e. The Balaban J connectivity index is 1.30. The summed E-state index contributed by atoms with van der Waals surface area (Å²) in [5.74, 6) is 2.37. The summed E-state index contributed by atoms with van der Waals surface area (Å²) in [4.78, 5) is 8.72. The second-order valence-corrected chi connectivity index (χ2v) is 7.61. The number of hydrogen-bond donors (Lipinski definition) is 2. The summed E-state index contributed by atoms with van der Waals surface area (Å²) in [6.07, 6.45) is 12.1. The fourth-order valence-corrected chi connectivity index (χ4v) is 3.26. The molecule has 0 saturated heterocycles. The van der Waals surface area contributed by atoms with Crippen LogP contribution < -0.4 is 15.4 Å². The minimum absolute atomic E-state index is 0.339. The third-order valence-electron chi connectivity index (χ3n) is 5.13. The van der Waals surface area contributed by atoms with Gasteiger partial charge in [0.05, 0.1) is 0 Å². The Bertz CT molecular complexity index is 566. The van der Waals surface area contributed by atoms with Crippen LogP contribution in [0.15, 0.2) is 23.3 Å². The lowest BCUT2D eigenvalue weighted by Gasteiger charge is -2.22. The highest BCUT2D eigenvalue weighted by molar-refractivity contribution is 5.79. The van der Waals surface area contributed by atoms with Gasteiger partial charge in [-0.3, -0.25) is 4.99 Å². The van der Waals surface area contributed by atoms with E-state index in [4.69, 9.17) is 9.47 Å². The molecule has 2 N–H and O–H groups in total. The molecule has 2 fully saturated rings. The van der Waals surface area contributed by atoms with E-state index in [2.05, 4.69) is 26.7 Å². The molecule has 27 heavy (non-hydrogen) atoms. The van der Waals surface area contributed by atoms with E-state index in [1.165, 1.54) is 32.1 Å². The standard InChI is InChI=1S/C21H34N4O2/c1-22-21(23-12-5-13-26-16-17-8-9-17)25-15-18-10-11-20(24-14-18)27-19-6-3-2-4-7-19/h10-11,14,17,19H,2-9,12-13,15-16H2,1H3,(H2,22,23,25). The monoisotopic (exact) mass is 374 g/mol. The highest BCUT2D eigenvalue weighted by atomic mass is 16.5. The van der Waals surface area contributed by atoms with E-state index in [0.717, 1.165) is 62.3 Å². The highest BCUT2D eigenvalue weighted by Gasteiger charge is 2.20. The van der Waals surface area contributed by atoms with E-state index in [0.29, 0.717) is 12.6 Å². The zero-order valence-electron chi connectivity index (χ0n) is 16.6. The Kier molecular flexibility index (Phi) is 8.21. The van der Waals surface area contributed by atoms with Crippen molar-refractivity contribution in [3.05, 3.63) is 23.9 Å². The fraction of sp³-hybridized carbons (Fsp3) is 0.714. The van der Waals surface area contributed by atoms with Gasteiger partial charge in [-0.25, -0.2) is 4.98 Å². The molecule has 150 valence electrons. The molecule has 2 saturated carbocycles. The number of hydrogen-bond acceptors (Lipinski definition) is 4. The lowest BCUT2D eigenvalue weighted by Crippen LogP contribution is -2.37. The number of pyridine rings is 1. The first kappa shape index (κ1) is 19.9. The molecule has 1 heterocycles. The molecule has 1 aromatic rings. The van der Waals surface area contributed by atoms with Crippen LogP contribution in [0.3, 0.4) is 0 Å². The predicted octanol–water partition coefficient (Wildman–Crippen LogP) is 3.27. The van der Waals surface area contributed by atoms with Crippen molar-refractivity contribution in [1.82, 2.24) is 15.6 Å². The third-order valence-corrected chi connectivity index (χ3v) is 5.13. The topological polar surface area (TPSA) is 67.8 Å². The molecule has 0 radical (unpaired) electrons. The lowest BCUT2D eigenvalue weighted by molar-refractivity contribution is 0.123. The molecule has 2 aliphatic rings. The zero-order chi connectivity index (χ0) is 18.7. The number of nitrogens with zero attached hydrogens (tertiary/aromatic N) is 2. The number of rotatable bonds is 10. The molecule has 1 aromatic heterocycles. The molecule has 0 aromatic carbocycles. The molecular formula is C21H34N4O2. The number of aliphatic imine (C=N–C) groups is 1. The molecule has 0 unspecified atom stereocenters. The Morgan fingerprint density at radius 3 is 2.70 bits per heavy atom. The summed E-state index contributed by atoms with van der Waals surface area (Å²) in [6.45, 7) is 3.29. The van der Waals surface area contributed by atoms with Crippen LogP contribution in [-0.2, 0) is 11.3 Å². The Hall–Kier alpha value is -1.82. The van der Waals surface area contributed by atoms with Crippen molar-refractivity contribution in [2.24, 2.45) is 10.9 Å². The molecule has 6 nitrogen and oxygen atoms in total. The average Bonchev–Trinajstić information content (AvgIpc) is 3.53. The van der Waals surface area contributed by atoms with E-state index in [1.807, 2.05) is 12.3 Å². The van der Waals surface area contributed by atoms with Gasteiger partial charge in [0.25, 0.3) is 0 Å². The van der Waals surface area contributed by atoms with Gasteiger partial charge in [-0.2, -0.15) is 0 Å². The molecular weight excluding hydrogens is 340 g/mol. The van der Waals surface area contributed by atoms with Crippen molar-refractivity contribution in [3.63, 3.8) is 0 Å². The Morgan fingerprint density at radius 1 is 1.15 bits per heavy atom. The van der Waals surface area contributed by atoms with E-state index >= 15 is 0 Å². The van der Waals surface area contributed by atoms with Crippen molar-refractivity contribution in [2.75, 3.05) is 26.8 Å². The second-order valence-electron chi connectivity index (χ2n) is 7.61. The molecule has 0 bridgehead atoms. The molecule has 0 aliphatic heterocycles. The summed E-state index contributed by atoms with van der Waals surface area (Å²) in [6, 6.07) is 4.04. The summed E-state index contributed by atoms with van der Waals surface area (Å²) in [5, 5.41) is 6.65. The number of nitrogens with one attached hydrogen (secondary N) is 2. The van der Waals surface area contributed by atoms with Crippen LogP contribution in [0.25, 0.3) is 0 Å². The van der Waals surface area contributed by atoms with Crippen LogP contribution in [-0.4, -0.2) is 43.9 Å². The van der Waals surface area contributed by atoms with Gasteiger partial charge in [-0.15, -0.1) is 0 Å².